The van der Waals surface area contributed by atoms with E-state index < -0.39 is 0 Å². The minimum Gasteiger partial charge on any atom is -0.483 e. The van der Waals surface area contributed by atoms with Gasteiger partial charge in [0.2, 0.25) is 0 Å². The summed E-state index contributed by atoms with van der Waals surface area (Å²) < 4.78 is 6.55. The molecule has 2 rings (SSSR count). The molecule has 0 aliphatic heterocycles. The molecular weight excluding hydrogens is 390 g/mol. The summed E-state index contributed by atoms with van der Waals surface area (Å²) in [5.74, 6) is 0.537. The first kappa shape index (κ1) is 20.5. The molecule has 0 fully saturated rings. The van der Waals surface area contributed by atoms with Gasteiger partial charge in [0.1, 0.15) is 5.75 Å². The number of ether oxygens (including phenoxy) is 1. The van der Waals surface area contributed by atoms with Crippen molar-refractivity contribution in [1.82, 2.24) is 5.32 Å². The Labute approximate surface area is 165 Å². The van der Waals surface area contributed by atoms with E-state index in [4.69, 9.17) is 4.74 Å². The Morgan fingerprint density at radius 1 is 1.12 bits per heavy atom. The molecule has 2 aromatic rings. The van der Waals surface area contributed by atoms with Crippen molar-refractivity contribution in [1.29, 1.82) is 0 Å². The van der Waals surface area contributed by atoms with Crippen molar-refractivity contribution < 1.29 is 9.53 Å². The largest absolute Gasteiger partial charge is 0.483 e. The fraction of sp³-hybridized carbons (Fsp3) is 0.409. The van der Waals surface area contributed by atoms with Crippen LogP contribution in [0.2, 0.25) is 0 Å². The van der Waals surface area contributed by atoms with Crippen molar-refractivity contribution in [3.63, 3.8) is 0 Å². The van der Waals surface area contributed by atoms with E-state index in [1.54, 1.807) is 0 Å². The lowest BCUT2D eigenvalue weighted by Gasteiger charge is -2.20. The monoisotopic (exact) mass is 417 g/mol. The maximum atomic E-state index is 12.2. The van der Waals surface area contributed by atoms with Crippen LogP contribution in [0.25, 0.3) is 0 Å². The predicted molar refractivity (Wildman–Crippen MR) is 111 cm³/mol. The van der Waals surface area contributed by atoms with Gasteiger partial charge in [0.25, 0.3) is 5.91 Å². The van der Waals surface area contributed by atoms with E-state index in [0.29, 0.717) is 5.75 Å². The third-order valence-electron chi connectivity index (χ3n) is 4.57. The van der Waals surface area contributed by atoms with Crippen LogP contribution < -0.4 is 10.1 Å². The van der Waals surface area contributed by atoms with Gasteiger partial charge in [-0.25, -0.2) is 0 Å². The minimum absolute atomic E-state index is 0.0113. The SMILES string of the molecule is Cc1ccc([C@@H](C)NC(=O)COc2ccc(C(C)(C)C)cc2Br)cc1C. The Balaban J connectivity index is 1.95. The summed E-state index contributed by atoms with van der Waals surface area (Å²) >= 11 is 3.54. The quantitative estimate of drug-likeness (QED) is 0.685. The Hall–Kier alpha value is -1.81. The zero-order valence-corrected chi connectivity index (χ0v) is 18.0. The first-order valence-electron chi connectivity index (χ1n) is 8.87. The highest BCUT2D eigenvalue weighted by atomic mass is 79.9. The van der Waals surface area contributed by atoms with Crippen molar-refractivity contribution in [2.24, 2.45) is 0 Å². The highest BCUT2D eigenvalue weighted by Gasteiger charge is 2.16. The van der Waals surface area contributed by atoms with Crippen LogP contribution in [0.3, 0.4) is 0 Å². The van der Waals surface area contributed by atoms with Crippen molar-refractivity contribution >= 4 is 21.8 Å². The highest BCUT2D eigenvalue weighted by Crippen LogP contribution is 2.31. The first-order valence-corrected chi connectivity index (χ1v) is 9.66. The molecule has 2 aromatic carbocycles. The summed E-state index contributed by atoms with van der Waals surface area (Å²) in [4.78, 5) is 12.2. The van der Waals surface area contributed by atoms with E-state index in [0.717, 1.165) is 10.0 Å². The van der Waals surface area contributed by atoms with Gasteiger partial charge in [0.15, 0.2) is 6.61 Å². The molecule has 0 saturated carbocycles. The van der Waals surface area contributed by atoms with Gasteiger partial charge in [-0.15, -0.1) is 0 Å². The molecule has 3 nitrogen and oxygen atoms in total. The second-order valence-electron chi connectivity index (χ2n) is 7.82. The van der Waals surface area contributed by atoms with Crippen LogP contribution in [0, 0.1) is 13.8 Å². The Morgan fingerprint density at radius 2 is 1.81 bits per heavy atom. The van der Waals surface area contributed by atoms with Crippen LogP contribution in [0.4, 0.5) is 0 Å². The van der Waals surface area contributed by atoms with Gasteiger partial charge >= 0.3 is 0 Å². The average Bonchev–Trinajstić information content (AvgIpc) is 2.55. The predicted octanol–water partition coefficient (Wildman–Crippen LogP) is 5.62. The van der Waals surface area contributed by atoms with Gasteiger partial charge < -0.3 is 10.1 Å². The topological polar surface area (TPSA) is 38.3 Å². The first-order chi connectivity index (χ1) is 12.1. The van der Waals surface area contributed by atoms with E-state index in [-0.39, 0.29) is 24.0 Å². The molecule has 140 valence electrons. The standard InChI is InChI=1S/C22H28BrNO2/c1-14-7-8-17(11-15(14)2)16(3)24-21(25)13-26-20-10-9-18(12-19(20)23)22(4,5)6/h7-12,16H,13H2,1-6H3,(H,24,25)/t16-/m1/s1. The van der Waals surface area contributed by atoms with Gasteiger partial charge in [-0.05, 0) is 76.5 Å². The van der Waals surface area contributed by atoms with Gasteiger partial charge in [0.05, 0.1) is 10.5 Å². The molecule has 0 spiro atoms. The minimum atomic E-state index is -0.137. The van der Waals surface area contributed by atoms with Crippen LogP contribution in [0.1, 0.15) is 56.0 Å². The van der Waals surface area contributed by atoms with Crippen LogP contribution in [-0.2, 0) is 10.2 Å². The van der Waals surface area contributed by atoms with Crippen LogP contribution >= 0.6 is 15.9 Å². The average molecular weight is 418 g/mol. The van der Waals surface area contributed by atoms with Crippen molar-refractivity contribution in [3.05, 3.63) is 63.1 Å². The fourth-order valence-electron chi connectivity index (χ4n) is 2.63. The number of aryl methyl sites for hydroxylation is 2. The second-order valence-corrected chi connectivity index (χ2v) is 8.67. The van der Waals surface area contributed by atoms with Crippen LogP contribution in [0.5, 0.6) is 5.75 Å². The lowest BCUT2D eigenvalue weighted by Crippen LogP contribution is -2.31. The molecule has 1 N–H and O–H groups in total. The van der Waals surface area contributed by atoms with E-state index in [2.05, 4.69) is 74.1 Å². The van der Waals surface area contributed by atoms with E-state index in [1.165, 1.54) is 16.7 Å². The zero-order valence-electron chi connectivity index (χ0n) is 16.4. The molecule has 1 atom stereocenters. The number of nitrogens with one attached hydrogen (secondary N) is 1. The third kappa shape index (κ3) is 5.34. The van der Waals surface area contributed by atoms with Crippen LogP contribution in [0.15, 0.2) is 40.9 Å². The molecule has 0 saturated heterocycles. The van der Waals surface area contributed by atoms with E-state index in [9.17, 15) is 4.79 Å². The number of carbonyl (C=O) groups is 1. The van der Waals surface area contributed by atoms with Gasteiger partial charge in [-0.2, -0.15) is 0 Å². The summed E-state index contributed by atoms with van der Waals surface area (Å²) in [5.41, 5.74) is 4.85. The van der Waals surface area contributed by atoms with E-state index >= 15 is 0 Å². The normalized spacial score (nSPS) is 12.6. The number of rotatable bonds is 5. The molecule has 0 aliphatic carbocycles. The smallest absolute Gasteiger partial charge is 0.258 e. The molecular formula is C22H28BrNO2. The summed E-state index contributed by atoms with van der Waals surface area (Å²) in [6, 6.07) is 12.2. The number of hydrogen-bond acceptors (Lipinski definition) is 2. The second kappa shape index (κ2) is 8.26. The Kier molecular flexibility index (Phi) is 6.51. The zero-order chi connectivity index (χ0) is 19.5. The van der Waals surface area contributed by atoms with Gasteiger partial charge in [-0.1, -0.05) is 45.0 Å². The molecule has 4 heteroatoms. The maximum absolute atomic E-state index is 12.2. The van der Waals surface area contributed by atoms with Crippen molar-refractivity contribution in [2.45, 2.75) is 53.0 Å². The number of benzene rings is 2. The van der Waals surface area contributed by atoms with Crippen LogP contribution in [-0.4, -0.2) is 12.5 Å². The Morgan fingerprint density at radius 3 is 2.38 bits per heavy atom. The lowest BCUT2D eigenvalue weighted by atomic mass is 9.87. The van der Waals surface area contributed by atoms with E-state index in [1.807, 2.05) is 25.1 Å². The molecule has 0 aromatic heterocycles. The highest BCUT2D eigenvalue weighted by molar-refractivity contribution is 9.10. The number of amides is 1. The van der Waals surface area contributed by atoms with Crippen molar-refractivity contribution in [3.8, 4) is 5.75 Å². The maximum Gasteiger partial charge on any atom is 0.258 e. The molecule has 0 heterocycles. The summed E-state index contributed by atoms with van der Waals surface area (Å²) in [5, 5.41) is 2.99. The number of hydrogen-bond donors (Lipinski definition) is 1. The third-order valence-corrected chi connectivity index (χ3v) is 5.18. The molecule has 0 aliphatic rings. The molecule has 26 heavy (non-hydrogen) atoms. The summed E-state index contributed by atoms with van der Waals surface area (Å²) in [6.45, 7) is 12.6. The number of carbonyl (C=O) groups excluding carboxylic acids is 1. The molecule has 0 bridgehead atoms. The van der Waals surface area contributed by atoms with Gasteiger partial charge in [0, 0.05) is 0 Å². The van der Waals surface area contributed by atoms with Gasteiger partial charge in [-0.3, -0.25) is 4.79 Å². The fourth-order valence-corrected chi connectivity index (χ4v) is 3.12. The lowest BCUT2D eigenvalue weighted by molar-refractivity contribution is -0.123. The van der Waals surface area contributed by atoms with Crippen molar-refractivity contribution in [2.75, 3.05) is 6.61 Å². The number of halogens is 1. The Bertz CT molecular complexity index is 793. The summed E-state index contributed by atoms with van der Waals surface area (Å²) in [7, 11) is 0. The molecule has 1 amide bonds. The summed E-state index contributed by atoms with van der Waals surface area (Å²) in [6.07, 6.45) is 0. The molecule has 0 unspecified atom stereocenters. The molecule has 0 radical (unpaired) electrons.